The van der Waals surface area contributed by atoms with Gasteiger partial charge in [-0.3, -0.25) is 5.32 Å². The maximum Gasteiger partial charge on any atom is 0.336 e. The van der Waals surface area contributed by atoms with Crippen molar-refractivity contribution in [3.05, 3.63) is 12.0 Å². The molecule has 2 amide bonds. The van der Waals surface area contributed by atoms with Gasteiger partial charge in [0.15, 0.2) is 0 Å². The fourth-order valence-corrected chi connectivity index (χ4v) is 1.25. The number of ether oxygens (including phenoxy) is 2. The number of nitrogens with one attached hydrogen (secondary N) is 2. The van der Waals surface area contributed by atoms with Crippen molar-refractivity contribution in [2.24, 2.45) is 0 Å². The molecular formula is C9H16N2O6S. The van der Waals surface area contributed by atoms with Crippen molar-refractivity contribution in [2.45, 2.75) is 13.8 Å². The van der Waals surface area contributed by atoms with Crippen LogP contribution in [-0.4, -0.2) is 39.9 Å². The van der Waals surface area contributed by atoms with Crippen LogP contribution in [0.5, 0.6) is 0 Å². The second-order valence-corrected chi connectivity index (χ2v) is 4.77. The number of carbonyl (C=O) groups excluding carboxylic acids is 2. The van der Waals surface area contributed by atoms with Gasteiger partial charge in [-0.05, 0) is 13.8 Å². The number of hydrogen-bond donors (Lipinski definition) is 2. The molecule has 0 unspecified atom stereocenters. The van der Waals surface area contributed by atoms with Crippen LogP contribution in [0.25, 0.3) is 0 Å². The standard InChI is InChI=1S/C9H16N2O6S/c1-4-16-7(6-8(12)17-5-2)10-9(13)11-18(3,14)15/h6H,4-5H2,1-3H3,(H2,10,11,13). The quantitative estimate of drug-likeness (QED) is 0.392. The monoisotopic (exact) mass is 280 g/mol. The summed E-state index contributed by atoms with van der Waals surface area (Å²) in [6.45, 7) is 3.61. The number of carbonyl (C=O) groups is 2. The molecule has 104 valence electrons. The van der Waals surface area contributed by atoms with Crippen LogP contribution in [0.4, 0.5) is 4.79 Å². The Morgan fingerprint density at radius 3 is 2.17 bits per heavy atom. The first-order valence-electron chi connectivity index (χ1n) is 5.08. The van der Waals surface area contributed by atoms with Crippen molar-refractivity contribution >= 4 is 22.0 Å². The Morgan fingerprint density at radius 1 is 1.17 bits per heavy atom. The van der Waals surface area contributed by atoms with Crippen LogP contribution in [0.2, 0.25) is 0 Å². The number of rotatable bonds is 6. The third-order valence-electron chi connectivity index (χ3n) is 1.35. The predicted octanol–water partition coefficient (Wildman–Crippen LogP) is -0.314. The Morgan fingerprint density at radius 2 is 1.72 bits per heavy atom. The first-order chi connectivity index (χ1) is 8.28. The molecular weight excluding hydrogens is 264 g/mol. The highest BCUT2D eigenvalue weighted by molar-refractivity contribution is 7.89. The molecule has 0 fully saturated rings. The molecule has 0 saturated carbocycles. The number of amides is 2. The molecule has 0 spiro atoms. The molecule has 0 heterocycles. The summed E-state index contributed by atoms with van der Waals surface area (Å²) in [4.78, 5) is 22.3. The molecule has 8 nitrogen and oxygen atoms in total. The Balaban J connectivity index is 4.62. The summed E-state index contributed by atoms with van der Waals surface area (Å²) in [5, 5.41) is 2.07. The molecule has 0 aliphatic heterocycles. The average molecular weight is 280 g/mol. The summed E-state index contributed by atoms with van der Waals surface area (Å²) in [5.41, 5.74) is 0. The van der Waals surface area contributed by atoms with Crippen molar-refractivity contribution < 1.29 is 27.5 Å². The first-order valence-corrected chi connectivity index (χ1v) is 6.97. The molecule has 9 heteroatoms. The van der Waals surface area contributed by atoms with E-state index in [1.54, 1.807) is 18.6 Å². The van der Waals surface area contributed by atoms with E-state index in [1.165, 1.54) is 0 Å². The maximum atomic E-state index is 11.2. The summed E-state index contributed by atoms with van der Waals surface area (Å²) < 4.78 is 32.8. The largest absolute Gasteiger partial charge is 0.479 e. The van der Waals surface area contributed by atoms with Crippen LogP contribution in [0.3, 0.4) is 0 Å². The van der Waals surface area contributed by atoms with Crippen LogP contribution >= 0.6 is 0 Å². The van der Waals surface area contributed by atoms with Crippen molar-refractivity contribution in [3.63, 3.8) is 0 Å². The molecule has 2 N–H and O–H groups in total. The zero-order chi connectivity index (χ0) is 14.2. The summed E-state index contributed by atoms with van der Waals surface area (Å²) in [6.07, 6.45) is 1.73. The van der Waals surface area contributed by atoms with E-state index in [9.17, 15) is 18.0 Å². The third-order valence-corrected chi connectivity index (χ3v) is 1.91. The van der Waals surface area contributed by atoms with E-state index in [4.69, 9.17) is 4.74 Å². The zero-order valence-corrected chi connectivity index (χ0v) is 11.2. The van der Waals surface area contributed by atoms with Crippen molar-refractivity contribution in [3.8, 4) is 0 Å². The van der Waals surface area contributed by atoms with Gasteiger partial charge in [0.05, 0.1) is 25.5 Å². The van der Waals surface area contributed by atoms with E-state index in [0.717, 1.165) is 12.3 Å². The van der Waals surface area contributed by atoms with Gasteiger partial charge in [-0.15, -0.1) is 0 Å². The molecule has 0 aromatic carbocycles. The second kappa shape index (κ2) is 7.54. The Labute approximate surface area is 105 Å². The molecule has 0 saturated heterocycles. The molecule has 0 bridgehead atoms. The minimum Gasteiger partial charge on any atom is -0.479 e. The number of hydrogen-bond acceptors (Lipinski definition) is 6. The third kappa shape index (κ3) is 8.39. The minimum absolute atomic E-state index is 0.171. The number of urea groups is 1. The van der Waals surface area contributed by atoms with Gasteiger partial charge < -0.3 is 9.47 Å². The van der Waals surface area contributed by atoms with E-state index in [0.29, 0.717) is 0 Å². The average Bonchev–Trinajstić information content (AvgIpc) is 2.14. The lowest BCUT2D eigenvalue weighted by Gasteiger charge is -2.10. The molecule has 0 aromatic heterocycles. The highest BCUT2D eigenvalue weighted by Gasteiger charge is 2.11. The topological polar surface area (TPSA) is 111 Å². The Bertz CT molecular complexity index is 428. The summed E-state index contributed by atoms with van der Waals surface area (Å²) >= 11 is 0. The molecule has 0 atom stereocenters. The highest BCUT2D eigenvalue weighted by Crippen LogP contribution is 1.94. The fourth-order valence-electron chi connectivity index (χ4n) is 0.866. The van der Waals surface area contributed by atoms with Crippen LogP contribution in [-0.2, 0) is 24.3 Å². The van der Waals surface area contributed by atoms with Gasteiger partial charge in [0, 0.05) is 0 Å². The second-order valence-electron chi connectivity index (χ2n) is 3.02. The lowest BCUT2D eigenvalue weighted by molar-refractivity contribution is -0.137. The SMILES string of the molecule is CCOC(=O)C=C(NC(=O)NS(C)(=O)=O)OCC. The zero-order valence-electron chi connectivity index (χ0n) is 10.3. The lowest BCUT2D eigenvalue weighted by atomic mass is 10.5. The van der Waals surface area contributed by atoms with Gasteiger partial charge >= 0.3 is 12.0 Å². The van der Waals surface area contributed by atoms with E-state index >= 15 is 0 Å². The summed E-state index contributed by atoms with van der Waals surface area (Å²) in [5.74, 6) is -0.905. The smallest absolute Gasteiger partial charge is 0.336 e. The van der Waals surface area contributed by atoms with Gasteiger partial charge in [-0.2, -0.15) is 0 Å². The summed E-state index contributed by atoms with van der Waals surface area (Å²) in [6, 6.07) is -1.03. The molecule has 18 heavy (non-hydrogen) atoms. The number of esters is 1. The Hall–Kier alpha value is -1.77. The first kappa shape index (κ1) is 16.2. The van der Waals surface area contributed by atoms with E-state index in [2.05, 4.69) is 10.1 Å². The molecule has 0 rings (SSSR count). The van der Waals surface area contributed by atoms with Crippen LogP contribution in [0.1, 0.15) is 13.8 Å². The molecule has 0 aliphatic rings. The van der Waals surface area contributed by atoms with Gasteiger partial charge in [0.1, 0.15) is 0 Å². The van der Waals surface area contributed by atoms with Crippen LogP contribution in [0.15, 0.2) is 12.0 Å². The highest BCUT2D eigenvalue weighted by atomic mass is 32.2. The van der Waals surface area contributed by atoms with E-state index in [-0.39, 0.29) is 19.1 Å². The van der Waals surface area contributed by atoms with Gasteiger partial charge in [0.25, 0.3) is 0 Å². The van der Waals surface area contributed by atoms with Gasteiger partial charge in [0.2, 0.25) is 15.9 Å². The minimum atomic E-state index is -3.68. The lowest BCUT2D eigenvalue weighted by Crippen LogP contribution is -2.39. The summed E-state index contributed by atoms with van der Waals surface area (Å²) in [7, 11) is -3.68. The Kier molecular flexibility index (Phi) is 6.79. The fraction of sp³-hybridized carbons (Fsp3) is 0.556. The van der Waals surface area contributed by atoms with Crippen molar-refractivity contribution in [1.82, 2.24) is 10.0 Å². The molecule has 0 aliphatic carbocycles. The van der Waals surface area contributed by atoms with Crippen molar-refractivity contribution in [1.29, 1.82) is 0 Å². The normalized spacial score (nSPS) is 11.6. The molecule has 0 aromatic rings. The van der Waals surface area contributed by atoms with E-state index < -0.39 is 22.0 Å². The van der Waals surface area contributed by atoms with Gasteiger partial charge in [-0.1, -0.05) is 0 Å². The maximum absolute atomic E-state index is 11.2. The van der Waals surface area contributed by atoms with Crippen LogP contribution in [0, 0.1) is 0 Å². The number of sulfonamides is 1. The van der Waals surface area contributed by atoms with Crippen molar-refractivity contribution in [2.75, 3.05) is 19.5 Å². The van der Waals surface area contributed by atoms with Gasteiger partial charge in [-0.25, -0.2) is 22.7 Å². The molecule has 0 radical (unpaired) electrons. The van der Waals surface area contributed by atoms with E-state index in [1.807, 2.05) is 0 Å². The predicted molar refractivity (Wildman–Crippen MR) is 62.9 cm³/mol. The van der Waals surface area contributed by atoms with Crippen LogP contribution < -0.4 is 10.0 Å².